The van der Waals surface area contributed by atoms with Crippen LogP contribution in [0.3, 0.4) is 0 Å². The summed E-state index contributed by atoms with van der Waals surface area (Å²) in [4.78, 5) is 0. The van der Waals surface area contributed by atoms with Crippen LogP contribution < -0.4 is 10.9 Å². The summed E-state index contributed by atoms with van der Waals surface area (Å²) in [6.45, 7) is 0.916. The van der Waals surface area contributed by atoms with Gasteiger partial charge in [-0.25, -0.2) is 5.43 Å². The number of hydrazine groups is 1. The fourth-order valence-electron chi connectivity index (χ4n) is 1.54. The lowest BCUT2D eigenvalue weighted by Crippen LogP contribution is -2.23. The van der Waals surface area contributed by atoms with Gasteiger partial charge in [-0.1, -0.05) is 48.5 Å². The summed E-state index contributed by atoms with van der Waals surface area (Å²) in [7, 11) is 0. The maximum absolute atomic E-state index is 3.20. The van der Waals surface area contributed by atoms with Crippen molar-refractivity contribution in [1.29, 1.82) is 0 Å². The highest BCUT2D eigenvalue weighted by Crippen LogP contribution is 2.03. The quantitative estimate of drug-likeness (QED) is 0.588. The Morgan fingerprint density at radius 1 is 0.750 bits per heavy atom. The van der Waals surface area contributed by atoms with Gasteiger partial charge in [0, 0.05) is 12.2 Å². The molecule has 0 bridgehead atoms. The molecule has 0 aliphatic heterocycles. The van der Waals surface area contributed by atoms with Crippen molar-refractivity contribution in [2.45, 2.75) is 6.42 Å². The van der Waals surface area contributed by atoms with Gasteiger partial charge in [0.2, 0.25) is 0 Å². The predicted molar refractivity (Wildman–Crippen MR) is 68.2 cm³/mol. The van der Waals surface area contributed by atoms with Gasteiger partial charge < -0.3 is 5.43 Å². The third-order valence-corrected chi connectivity index (χ3v) is 2.39. The standard InChI is InChI=1S/C14H16N2/c1-3-7-13(8-4-1)11-12-15-16-14-9-5-2-6-10-14/h1-10,15-16H,11-12H2. The first-order valence-electron chi connectivity index (χ1n) is 5.53. The summed E-state index contributed by atoms with van der Waals surface area (Å²) in [5, 5.41) is 0. The number of hydrogen-bond acceptors (Lipinski definition) is 2. The second kappa shape index (κ2) is 5.93. The van der Waals surface area contributed by atoms with Crippen molar-refractivity contribution < 1.29 is 0 Å². The van der Waals surface area contributed by atoms with Crippen molar-refractivity contribution in [3.8, 4) is 0 Å². The van der Waals surface area contributed by atoms with E-state index in [1.807, 2.05) is 36.4 Å². The van der Waals surface area contributed by atoms with E-state index in [2.05, 4.69) is 35.1 Å². The van der Waals surface area contributed by atoms with Gasteiger partial charge in [0.15, 0.2) is 0 Å². The van der Waals surface area contributed by atoms with Crippen LogP contribution in [0.25, 0.3) is 0 Å². The van der Waals surface area contributed by atoms with Crippen molar-refractivity contribution in [2.75, 3.05) is 12.0 Å². The molecular formula is C14H16N2. The Hall–Kier alpha value is -1.80. The molecule has 0 aliphatic carbocycles. The van der Waals surface area contributed by atoms with Gasteiger partial charge in [-0.2, -0.15) is 0 Å². The van der Waals surface area contributed by atoms with Crippen LogP contribution in [0.1, 0.15) is 5.56 Å². The molecule has 0 radical (unpaired) electrons. The van der Waals surface area contributed by atoms with Gasteiger partial charge in [0.05, 0.1) is 0 Å². The fraction of sp³-hybridized carbons (Fsp3) is 0.143. The topological polar surface area (TPSA) is 24.1 Å². The molecule has 16 heavy (non-hydrogen) atoms. The molecule has 82 valence electrons. The lowest BCUT2D eigenvalue weighted by atomic mass is 10.2. The highest BCUT2D eigenvalue weighted by Gasteiger charge is 1.91. The lowest BCUT2D eigenvalue weighted by molar-refractivity contribution is 0.779. The molecule has 2 aromatic carbocycles. The lowest BCUT2D eigenvalue weighted by Gasteiger charge is -2.07. The minimum absolute atomic E-state index is 0.916. The first-order valence-corrected chi connectivity index (χ1v) is 5.53. The van der Waals surface area contributed by atoms with Crippen molar-refractivity contribution in [2.24, 2.45) is 0 Å². The van der Waals surface area contributed by atoms with Gasteiger partial charge in [0.25, 0.3) is 0 Å². The van der Waals surface area contributed by atoms with E-state index in [9.17, 15) is 0 Å². The second-order valence-electron chi connectivity index (χ2n) is 3.65. The largest absolute Gasteiger partial charge is 0.321 e. The van der Waals surface area contributed by atoms with Gasteiger partial charge in [-0.3, -0.25) is 0 Å². The summed E-state index contributed by atoms with van der Waals surface area (Å²) in [5.74, 6) is 0. The zero-order valence-corrected chi connectivity index (χ0v) is 9.19. The van der Waals surface area contributed by atoms with Crippen LogP contribution in [0.2, 0.25) is 0 Å². The summed E-state index contributed by atoms with van der Waals surface area (Å²) in [5.41, 5.74) is 8.81. The SMILES string of the molecule is c1ccc(CCNNc2ccccc2)cc1. The molecule has 2 rings (SSSR count). The molecule has 0 aromatic heterocycles. The van der Waals surface area contributed by atoms with Gasteiger partial charge >= 0.3 is 0 Å². The molecule has 2 heteroatoms. The molecule has 0 heterocycles. The van der Waals surface area contributed by atoms with Crippen LogP contribution in [0, 0.1) is 0 Å². The molecule has 2 N–H and O–H groups in total. The second-order valence-corrected chi connectivity index (χ2v) is 3.65. The zero-order valence-electron chi connectivity index (χ0n) is 9.19. The van der Waals surface area contributed by atoms with E-state index in [1.54, 1.807) is 0 Å². The Balaban J connectivity index is 1.70. The number of anilines is 1. The van der Waals surface area contributed by atoms with E-state index < -0.39 is 0 Å². The Morgan fingerprint density at radius 2 is 1.38 bits per heavy atom. The molecule has 0 unspecified atom stereocenters. The van der Waals surface area contributed by atoms with E-state index in [0.717, 1.165) is 18.7 Å². The van der Waals surface area contributed by atoms with E-state index in [-0.39, 0.29) is 0 Å². The van der Waals surface area contributed by atoms with Crippen LogP contribution in [0.15, 0.2) is 60.7 Å². The minimum Gasteiger partial charge on any atom is -0.321 e. The van der Waals surface area contributed by atoms with Gasteiger partial charge in [0.1, 0.15) is 0 Å². The highest BCUT2D eigenvalue weighted by atomic mass is 15.3. The molecule has 0 amide bonds. The summed E-state index contributed by atoms with van der Waals surface area (Å²) < 4.78 is 0. The number of para-hydroxylation sites is 1. The molecular weight excluding hydrogens is 196 g/mol. The number of nitrogens with one attached hydrogen (secondary N) is 2. The number of benzene rings is 2. The van der Waals surface area contributed by atoms with E-state index >= 15 is 0 Å². The normalized spacial score (nSPS) is 10.0. The van der Waals surface area contributed by atoms with Crippen molar-refractivity contribution in [1.82, 2.24) is 5.43 Å². The van der Waals surface area contributed by atoms with Gasteiger partial charge in [-0.15, -0.1) is 0 Å². The van der Waals surface area contributed by atoms with Crippen molar-refractivity contribution in [3.05, 3.63) is 66.2 Å². The molecule has 2 nitrogen and oxygen atoms in total. The Kier molecular flexibility index (Phi) is 3.97. The minimum atomic E-state index is 0.916. The average molecular weight is 212 g/mol. The highest BCUT2D eigenvalue weighted by molar-refractivity contribution is 5.41. The Morgan fingerprint density at radius 3 is 2.06 bits per heavy atom. The van der Waals surface area contributed by atoms with Crippen LogP contribution in [0.5, 0.6) is 0 Å². The van der Waals surface area contributed by atoms with Crippen molar-refractivity contribution in [3.63, 3.8) is 0 Å². The van der Waals surface area contributed by atoms with Gasteiger partial charge in [-0.05, 0) is 24.1 Å². The Labute approximate surface area is 96.3 Å². The summed E-state index contributed by atoms with van der Waals surface area (Å²) >= 11 is 0. The fourth-order valence-corrected chi connectivity index (χ4v) is 1.54. The maximum atomic E-state index is 3.20. The summed E-state index contributed by atoms with van der Waals surface area (Å²) in [6, 6.07) is 20.6. The van der Waals surface area contributed by atoms with Crippen LogP contribution in [0.4, 0.5) is 5.69 Å². The number of hydrogen-bond donors (Lipinski definition) is 2. The molecule has 0 saturated carbocycles. The molecule has 2 aromatic rings. The van der Waals surface area contributed by atoms with Crippen LogP contribution in [-0.2, 0) is 6.42 Å². The van der Waals surface area contributed by atoms with Crippen LogP contribution in [-0.4, -0.2) is 6.54 Å². The first kappa shape index (κ1) is 10.7. The molecule has 0 saturated heterocycles. The molecule has 0 fully saturated rings. The van der Waals surface area contributed by atoms with Crippen LogP contribution >= 0.6 is 0 Å². The first-order chi connectivity index (χ1) is 7.95. The third-order valence-electron chi connectivity index (χ3n) is 2.39. The molecule has 0 aliphatic rings. The molecule has 0 spiro atoms. The third kappa shape index (κ3) is 3.41. The van der Waals surface area contributed by atoms with E-state index in [4.69, 9.17) is 0 Å². The number of rotatable bonds is 5. The monoisotopic (exact) mass is 212 g/mol. The van der Waals surface area contributed by atoms with E-state index in [1.165, 1.54) is 5.56 Å². The van der Waals surface area contributed by atoms with Crippen molar-refractivity contribution >= 4 is 5.69 Å². The zero-order chi connectivity index (χ0) is 11.1. The predicted octanol–water partition coefficient (Wildman–Crippen LogP) is 2.85. The average Bonchev–Trinajstić information content (AvgIpc) is 2.37. The van der Waals surface area contributed by atoms with E-state index in [0.29, 0.717) is 0 Å². The summed E-state index contributed by atoms with van der Waals surface area (Å²) in [6.07, 6.45) is 1.03. The molecule has 0 atom stereocenters. The Bertz CT molecular complexity index is 356. The smallest absolute Gasteiger partial charge is 0.0487 e. The maximum Gasteiger partial charge on any atom is 0.0487 e.